The summed E-state index contributed by atoms with van der Waals surface area (Å²) in [6.45, 7) is 7.03. The minimum absolute atomic E-state index is 0.227. The number of carbonyl (C=O) groups excluding carboxylic acids is 1. The van der Waals surface area contributed by atoms with Crippen LogP contribution in [0, 0.1) is 6.92 Å². The quantitative estimate of drug-likeness (QED) is 0.736. The van der Waals surface area contributed by atoms with Gasteiger partial charge in [0, 0.05) is 5.69 Å². The average molecular weight is 342 g/mol. The van der Waals surface area contributed by atoms with Crippen molar-refractivity contribution in [2.75, 3.05) is 25.6 Å². The number of amides is 2. The molecule has 0 heterocycles. The molecule has 5 nitrogen and oxygen atoms in total. The molecule has 134 valence electrons. The highest BCUT2D eigenvalue weighted by Gasteiger charge is 2.11. The number of para-hydroxylation sites is 1. The van der Waals surface area contributed by atoms with Crippen LogP contribution in [0.4, 0.5) is 10.5 Å². The predicted octanol–water partition coefficient (Wildman–Crippen LogP) is 4.33. The standard InChI is InChI=1S/C20H26N2O3/c1-14(2)18-7-5-6-15(3)19(18)22-20(23)21-12-13-25-17-10-8-16(24-4)9-11-17/h5-11,14H,12-13H2,1-4H3,(H2,21,22,23). The van der Waals surface area contributed by atoms with Crippen molar-refractivity contribution in [3.05, 3.63) is 53.6 Å². The molecule has 0 aliphatic rings. The van der Waals surface area contributed by atoms with E-state index in [0.29, 0.717) is 19.1 Å². The number of methoxy groups -OCH3 is 1. The number of aryl methyl sites for hydroxylation is 1. The van der Waals surface area contributed by atoms with Crippen LogP contribution in [-0.4, -0.2) is 26.3 Å². The molecule has 0 aromatic heterocycles. The first-order valence-electron chi connectivity index (χ1n) is 8.42. The van der Waals surface area contributed by atoms with Crippen molar-refractivity contribution in [1.82, 2.24) is 5.32 Å². The fraction of sp³-hybridized carbons (Fsp3) is 0.350. The monoisotopic (exact) mass is 342 g/mol. The van der Waals surface area contributed by atoms with Gasteiger partial charge in [0.25, 0.3) is 0 Å². The Morgan fingerprint density at radius 2 is 1.76 bits per heavy atom. The number of nitrogens with one attached hydrogen (secondary N) is 2. The molecule has 5 heteroatoms. The van der Waals surface area contributed by atoms with Gasteiger partial charge in [0.1, 0.15) is 18.1 Å². The summed E-state index contributed by atoms with van der Waals surface area (Å²) in [4.78, 5) is 12.1. The zero-order valence-corrected chi connectivity index (χ0v) is 15.3. The first kappa shape index (κ1) is 18.6. The van der Waals surface area contributed by atoms with Gasteiger partial charge in [-0.15, -0.1) is 0 Å². The number of rotatable bonds is 7. The second kappa shape index (κ2) is 8.97. The molecule has 2 amide bonds. The zero-order chi connectivity index (χ0) is 18.2. The van der Waals surface area contributed by atoms with Crippen LogP contribution in [0.1, 0.15) is 30.9 Å². The lowest BCUT2D eigenvalue weighted by Gasteiger charge is -2.17. The van der Waals surface area contributed by atoms with E-state index in [0.717, 1.165) is 28.3 Å². The Morgan fingerprint density at radius 3 is 2.40 bits per heavy atom. The van der Waals surface area contributed by atoms with Crippen molar-refractivity contribution < 1.29 is 14.3 Å². The number of urea groups is 1. The van der Waals surface area contributed by atoms with E-state index in [1.165, 1.54) is 0 Å². The van der Waals surface area contributed by atoms with Gasteiger partial charge >= 0.3 is 6.03 Å². The summed E-state index contributed by atoms with van der Waals surface area (Å²) >= 11 is 0. The van der Waals surface area contributed by atoms with Gasteiger partial charge in [-0.3, -0.25) is 0 Å². The second-order valence-corrected chi connectivity index (χ2v) is 6.10. The first-order chi connectivity index (χ1) is 12.0. The normalized spacial score (nSPS) is 10.4. The minimum atomic E-state index is -0.227. The van der Waals surface area contributed by atoms with E-state index in [-0.39, 0.29) is 6.03 Å². The van der Waals surface area contributed by atoms with Gasteiger partial charge in [-0.1, -0.05) is 32.0 Å². The maximum Gasteiger partial charge on any atom is 0.319 e. The van der Waals surface area contributed by atoms with Crippen LogP contribution in [0.25, 0.3) is 0 Å². The van der Waals surface area contributed by atoms with Gasteiger partial charge in [-0.2, -0.15) is 0 Å². The van der Waals surface area contributed by atoms with Crippen molar-refractivity contribution in [2.45, 2.75) is 26.7 Å². The Morgan fingerprint density at radius 1 is 1.08 bits per heavy atom. The summed E-state index contributed by atoms with van der Waals surface area (Å²) in [5.74, 6) is 1.86. The number of anilines is 1. The van der Waals surface area contributed by atoms with E-state index in [1.807, 2.05) is 49.4 Å². The molecule has 0 unspecified atom stereocenters. The molecule has 0 radical (unpaired) electrons. The predicted molar refractivity (Wildman–Crippen MR) is 101 cm³/mol. The van der Waals surface area contributed by atoms with Gasteiger partial charge < -0.3 is 20.1 Å². The number of benzene rings is 2. The summed E-state index contributed by atoms with van der Waals surface area (Å²) in [6.07, 6.45) is 0. The number of ether oxygens (including phenoxy) is 2. The molecule has 2 rings (SSSR count). The summed E-state index contributed by atoms with van der Waals surface area (Å²) < 4.78 is 10.7. The molecule has 0 saturated heterocycles. The van der Waals surface area contributed by atoms with E-state index in [2.05, 4.69) is 24.5 Å². The number of hydrogen-bond acceptors (Lipinski definition) is 3. The fourth-order valence-corrected chi connectivity index (χ4v) is 2.51. The maximum atomic E-state index is 12.1. The van der Waals surface area contributed by atoms with Gasteiger partial charge in [-0.05, 0) is 48.2 Å². The Kier molecular flexibility index (Phi) is 6.69. The third-order valence-electron chi connectivity index (χ3n) is 3.88. The van der Waals surface area contributed by atoms with Crippen molar-refractivity contribution in [1.29, 1.82) is 0 Å². The molecule has 0 saturated carbocycles. The molecule has 25 heavy (non-hydrogen) atoms. The summed E-state index contributed by atoms with van der Waals surface area (Å²) in [6, 6.07) is 13.2. The van der Waals surface area contributed by atoms with Gasteiger partial charge in [0.15, 0.2) is 0 Å². The van der Waals surface area contributed by atoms with Crippen LogP contribution < -0.4 is 20.1 Å². The molecule has 0 aliphatic heterocycles. The van der Waals surface area contributed by atoms with Crippen LogP contribution in [0.3, 0.4) is 0 Å². The SMILES string of the molecule is COc1ccc(OCCNC(=O)Nc2c(C)cccc2C(C)C)cc1. The molecular weight excluding hydrogens is 316 g/mol. The van der Waals surface area contributed by atoms with E-state index in [1.54, 1.807) is 7.11 Å². The third kappa shape index (κ3) is 5.41. The second-order valence-electron chi connectivity index (χ2n) is 6.10. The van der Waals surface area contributed by atoms with Crippen LogP contribution in [-0.2, 0) is 0 Å². The Hall–Kier alpha value is -2.69. The lowest BCUT2D eigenvalue weighted by atomic mass is 9.98. The molecule has 2 aromatic carbocycles. The summed E-state index contributed by atoms with van der Waals surface area (Å²) in [5.41, 5.74) is 3.06. The van der Waals surface area contributed by atoms with Crippen LogP contribution in [0.5, 0.6) is 11.5 Å². The first-order valence-corrected chi connectivity index (χ1v) is 8.42. The molecule has 0 fully saturated rings. The largest absolute Gasteiger partial charge is 0.497 e. The zero-order valence-electron chi connectivity index (χ0n) is 15.3. The number of hydrogen-bond donors (Lipinski definition) is 2. The number of carbonyl (C=O) groups is 1. The summed E-state index contributed by atoms with van der Waals surface area (Å²) in [7, 11) is 1.62. The highest BCUT2D eigenvalue weighted by atomic mass is 16.5. The lowest BCUT2D eigenvalue weighted by Crippen LogP contribution is -2.32. The molecule has 2 aromatic rings. The van der Waals surface area contributed by atoms with Crippen LogP contribution >= 0.6 is 0 Å². The maximum absolute atomic E-state index is 12.1. The molecule has 0 spiro atoms. The van der Waals surface area contributed by atoms with Crippen molar-refractivity contribution >= 4 is 11.7 Å². The Bertz CT molecular complexity index is 697. The molecule has 0 bridgehead atoms. The van der Waals surface area contributed by atoms with Gasteiger partial charge in [0.2, 0.25) is 0 Å². The van der Waals surface area contributed by atoms with Gasteiger partial charge in [-0.25, -0.2) is 4.79 Å². The third-order valence-corrected chi connectivity index (χ3v) is 3.88. The van der Waals surface area contributed by atoms with Crippen molar-refractivity contribution in [2.24, 2.45) is 0 Å². The Balaban J connectivity index is 1.81. The molecule has 0 aliphatic carbocycles. The molecular formula is C20H26N2O3. The van der Waals surface area contributed by atoms with E-state index in [9.17, 15) is 4.79 Å². The topological polar surface area (TPSA) is 59.6 Å². The molecule has 2 N–H and O–H groups in total. The highest BCUT2D eigenvalue weighted by Crippen LogP contribution is 2.27. The minimum Gasteiger partial charge on any atom is -0.497 e. The van der Waals surface area contributed by atoms with Crippen LogP contribution in [0.15, 0.2) is 42.5 Å². The van der Waals surface area contributed by atoms with Gasteiger partial charge in [0.05, 0.1) is 13.7 Å². The smallest absolute Gasteiger partial charge is 0.319 e. The van der Waals surface area contributed by atoms with E-state index in [4.69, 9.17) is 9.47 Å². The highest BCUT2D eigenvalue weighted by molar-refractivity contribution is 5.91. The summed E-state index contributed by atoms with van der Waals surface area (Å²) in [5, 5.41) is 5.77. The van der Waals surface area contributed by atoms with E-state index >= 15 is 0 Å². The van der Waals surface area contributed by atoms with Crippen molar-refractivity contribution in [3.8, 4) is 11.5 Å². The van der Waals surface area contributed by atoms with Crippen molar-refractivity contribution in [3.63, 3.8) is 0 Å². The van der Waals surface area contributed by atoms with Crippen LogP contribution in [0.2, 0.25) is 0 Å². The molecule has 0 atom stereocenters. The Labute approximate surface area is 149 Å². The average Bonchev–Trinajstić information content (AvgIpc) is 2.60. The van der Waals surface area contributed by atoms with E-state index < -0.39 is 0 Å². The fourth-order valence-electron chi connectivity index (χ4n) is 2.51. The lowest BCUT2D eigenvalue weighted by molar-refractivity contribution is 0.247.